The molecule has 0 bridgehead atoms. The van der Waals surface area contributed by atoms with Crippen molar-refractivity contribution in [1.82, 2.24) is 9.97 Å². The number of ether oxygens (including phenoxy) is 1. The van der Waals surface area contributed by atoms with E-state index in [1.165, 1.54) is 0 Å². The summed E-state index contributed by atoms with van der Waals surface area (Å²) in [6.45, 7) is 4.10. The Morgan fingerprint density at radius 2 is 1.79 bits per heavy atom. The number of fused-ring (bicyclic) bond motifs is 1. The molecule has 1 unspecified atom stereocenters. The van der Waals surface area contributed by atoms with Gasteiger partial charge in [0.1, 0.15) is 5.82 Å². The summed E-state index contributed by atoms with van der Waals surface area (Å²) in [7, 11) is 0. The number of aromatic nitrogens is 2. The van der Waals surface area contributed by atoms with Gasteiger partial charge in [-0.15, -0.1) is 0 Å². The Bertz CT molecular complexity index is 850. The maximum Gasteiger partial charge on any atom is 0.376 e. The Morgan fingerprint density at radius 3 is 2.54 bits per heavy atom. The van der Waals surface area contributed by atoms with Crippen LogP contribution in [0.25, 0.3) is 10.9 Å². The van der Waals surface area contributed by atoms with Crippen LogP contribution in [0.5, 0.6) is 0 Å². The molecule has 0 radical (unpaired) electrons. The van der Waals surface area contributed by atoms with Gasteiger partial charge in [0.25, 0.3) is 0 Å². The molecule has 0 aliphatic heterocycles. The van der Waals surface area contributed by atoms with Crippen molar-refractivity contribution in [2.75, 3.05) is 11.9 Å². The molecule has 0 aliphatic rings. The van der Waals surface area contributed by atoms with Gasteiger partial charge in [-0.05, 0) is 31.5 Å². The minimum absolute atomic E-state index is 0.0413. The number of para-hydroxylation sites is 1. The first-order chi connectivity index (χ1) is 11.7. The number of carbonyl (C=O) groups is 1. The molecule has 24 heavy (non-hydrogen) atoms. The van der Waals surface area contributed by atoms with Crippen LogP contribution in [-0.2, 0) is 4.74 Å². The van der Waals surface area contributed by atoms with E-state index in [1.54, 1.807) is 6.92 Å². The van der Waals surface area contributed by atoms with E-state index in [4.69, 9.17) is 4.74 Å². The van der Waals surface area contributed by atoms with Crippen molar-refractivity contribution in [2.45, 2.75) is 19.9 Å². The molecule has 0 aliphatic carbocycles. The van der Waals surface area contributed by atoms with Crippen LogP contribution in [0.15, 0.2) is 54.6 Å². The third kappa shape index (κ3) is 3.35. The fourth-order valence-corrected chi connectivity index (χ4v) is 2.50. The number of nitrogens with zero attached hydrogens (tertiary/aromatic N) is 2. The first-order valence-electron chi connectivity index (χ1n) is 7.94. The molecule has 1 aromatic heterocycles. The van der Waals surface area contributed by atoms with Crippen molar-refractivity contribution in [1.29, 1.82) is 0 Å². The number of nitrogens with one attached hydrogen (secondary N) is 1. The van der Waals surface area contributed by atoms with E-state index < -0.39 is 5.97 Å². The molecule has 0 amide bonds. The average molecular weight is 321 g/mol. The molecule has 5 heteroatoms. The molecule has 0 saturated heterocycles. The molecule has 1 N–H and O–H groups in total. The van der Waals surface area contributed by atoms with Crippen LogP contribution < -0.4 is 5.32 Å². The van der Waals surface area contributed by atoms with E-state index in [0.29, 0.717) is 11.3 Å². The summed E-state index contributed by atoms with van der Waals surface area (Å²) in [5.41, 5.74) is 1.84. The highest BCUT2D eigenvalue weighted by atomic mass is 16.5. The van der Waals surface area contributed by atoms with Crippen molar-refractivity contribution in [3.05, 3.63) is 66.0 Å². The smallest absolute Gasteiger partial charge is 0.376 e. The fourth-order valence-electron chi connectivity index (χ4n) is 2.50. The van der Waals surface area contributed by atoms with Gasteiger partial charge in [0.15, 0.2) is 0 Å². The van der Waals surface area contributed by atoms with Gasteiger partial charge < -0.3 is 10.1 Å². The summed E-state index contributed by atoms with van der Waals surface area (Å²) in [5.74, 6) is 0.178. The Kier molecular flexibility index (Phi) is 4.70. The van der Waals surface area contributed by atoms with Crippen LogP contribution in [0, 0.1) is 0 Å². The standard InChI is InChI=1S/C19H19N3O2/c1-3-24-19(23)18-21-16-12-8-7-11-15(16)17(22-18)20-13(2)14-9-5-4-6-10-14/h4-13H,3H2,1-2H3,(H,20,21,22). The second-order valence-electron chi connectivity index (χ2n) is 5.41. The molecule has 5 nitrogen and oxygen atoms in total. The number of anilines is 1. The largest absolute Gasteiger partial charge is 0.460 e. The highest BCUT2D eigenvalue weighted by molar-refractivity contribution is 5.94. The zero-order valence-corrected chi connectivity index (χ0v) is 13.7. The lowest BCUT2D eigenvalue weighted by atomic mass is 10.1. The Labute approximate surface area is 140 Å². The molecule has 122 valence electrons. The molecular formula is C19H19N3O2. The van der Waals surface area contributed by atoms with Gasteiger partial charge in [-0.2, -0.15) is 0 Å². The molecule has 1 heterocycles. The van der Waals surface area contributed by atoms with Crippen LogP contribution in [0.2, 0.25) is 0 Å². The van der Waals surface area contributed by atoms with E-state index in [1.807, 2.05) is 54.6 Å². The van der Waals surface area contributed by atoms with E-state index in [0.717, 1.165) is 10.9 Å². The monoisotopic (exact) mass is 321 g/mol. The Hall–Kier alpha value is -2.95. The summed E-state index contributed by atoms with van der Waals surface area (Å²) in [6.07, 6.45) is 0. The second-order valence-corrected chi connectivity index (χ2v) is 5.41. The third-order valence-corrected chi connectivity index (χ3v) is 3.71. The SMILES string of the molecule is CCOC(=O)c1nc(NC(C)c2ccccc2)c2ccccc2n1. The summed E-state index contributed by atoms with van der Waals surface area (Å²) in [4.78, 5) is 20.7. The van der Waals surface area contributed by atoms with Gasteiger partial charge in [-0.1, -0.05) is 42.5 Å². The highest BCUT2D eigenvalue weighted by Crippen LogP contribution is 2.24. The van der Waals surface area contributed by atoms with Crippen molar-refractivity contribution in [3.63, 3.8) is 0 Å². The molecule has 1 atom stereocenters. The van der Waals surface area contributed by atoms with Gasteiger partial charge in [0, 0.05) is 11.4 Å². The minimum Gasteiger partial charge on any atom is -0.460 e. The first kappa shape index (κ1) is 15.9. The van der Waals surface area contributed by atoms with Crippen LogP contribution in [-0.4, -0.2) is 22.5 Å². The molecule has 3 rings (SSSR count). The van der Waals surface area contributed by atoms with Gasteiger partial charge >= 0.3 is 5.97 Å². The molecule has 2 aromatic carbocycles. The molecular weight excluding hydrogens is 302 g/mol. The maximum atomic E-state index is 12.0. The fraction of sp³-hybridized carbons (Fsp3) is 0.211. The molecule has 0 spiro atoms. The summed E-state index contributed by atoms with van der Waals surface area (Å²) < 4.78 is 5.03. The van der Waals surface area contributed by atoms with Gasteiger partial charge in [0.2, 0.25) is 5.82 Å². The Morgan fingerprint density at radius 1 is 1.08 bits per heavy atom. The lowest BCUT2D eigenvalue weighted by Crippen LogP contribution is -2.14. The average Bonchev–Trinajstić information content (AvgIpc) is 2.62. The number of benzene rings is 2. The zero-order valence-electron chi connectivity index (χ0n) is 13.7. The highest BCUT2D eigenvalue weighted by Gasteiger charge is 2.16. The van der Waals surface area contributed by atoms with E-state index in [2.05, 4.69) is 22.2 Å². The first-order valence-corrected chi connectivity index (χ1v) is 7.94. The van der Waals surface area contributed by atoms with Crippen LogP contribution in [0.1, 0.15) is 36.1 Å². The van der Waals surface area contributed by atoms with Crippen molar-refractivity contribution < 1.29 is 9.53 Å². The maximum absolute atomic E-state index is 12.0. The number of hydrogen-bond acceptors (Lipinski definition) is 5. The topological polar surface area (TPSA) is 64.1 Å². The van der Waals surface area contributed by atoms with Gasteiger partial charge in [-0.25, -0.2) is 14.8 Å². The lowest BCUT2D eigenvalue weighted by Gasteiger charge is -2.17. The van der Waals surface area contributed by atoms with Gasteiger partial charge in [-0.3, -0.25) is 0 Å². The minimum atomic E-state index is -0.515. The number of carbonyl (C=O) groups excluding carboxylic acids is 1. The normalized spacial score (nSPS) is 11.9. The van der Waals surface area contributed by atoms with Crippen LogP contribution in [0.3, 0.4) is 0 Å². The van der Waals surface area contributed by atoms with Crippen LogP contribution in [0.4, 0.5) is 5.82 Å². The van der Waals surface area contributed by atoms with Crippen molar-refractivity contribution >= 4 is 22.7 Å². The molecule has 0 saturated carbocycles. The summed E-state index contributed by atoms with van der Waals surface area (Å²) >= 11 is 0. The van der Waals surface area contributed by atoms with Gasteiger partial charge in [0.05, 0.1) is 12.1 Å². The lowest BCUT2D eigenvalue weighted by molar-refractivity contribution is 0.0512. The third-order valence-electron chi connectivity index (χ3n) is 3.71. The van der Waals surface area contributed by atoms with Crippen molar-refractivity contribution in [3.8, 4) is 0 Å². The summed E-state index contributed by atoms with van der Waals surface area (Å²) in [6, 6.07) is 17.7. The number of rotatable bonds is 5. The van der Waals surface area contributed by atoms with Crippen LogP contribution >= 0.6 is 0 Å². The van der Waals surface area contributed by atoms with E-state index in [-0.39, 0.29) is 18.5 Å². The predicted octanol–water partition coefficient (Wildman–Crippen LogP) is 3.98. The predicted molar refractivity (Wildman–Crippen MR) is 94.0 cm³/mol. The quantitative estimate of drug-likeness (QED) is 0.720. The van der Waals surface area contributed by atoms with E-state index >= 15 is 0 Å². The Balaban J connectivity index is 2.00. The zero-order chi connectivity index (χ0) is 16.9. The summed E-state index contributed by atoms with van der Waals surface area (Å²) in [5, 5.41) is 4.25. The van der Waals surface area contributed by atoms with Crippen molar-refractivity contribution in [2.24, 2.45) is 0 Å². The number of hydrogen-bond donors (Lipinski definition) is 1. The van der Waals surface area contributed by atoms with E-state index in [9.17, 15) is 4.79 Å². The number of esters is 1. The second kappa shape index (κ2) is 7.08. The molecule has 0 fully saturated rings. The molecule has 3 aromatic rings.